The minimum absolute atomic E-state index is 0.296. The molecule has 0 aliphatic heterocycles. The zero-order valence-electron chi connectivity index (χ0n) is 12.7. The van der Waals surface area contributed by atoms with E-state index in [0.717, 1.165) is 11.8 Å². The van der Waals surface area contributed by atoms with Crippen molar-refractivity contribution in [2.75, 3.05) is 0 Å². The molecular formula is C17H28N2. The van der Waals surface area contributed by atoms with Crippen molar-refractivity contribution in [3.63, 3.8) is 0 Å². The Morgan fingerprint density at radius 3 is 2.21 bits per heavy atom. The lowest BCUT2D eigenvalue weighted by Gasteiger charge is -2.36. The number of benzene rings is 1. The number of hydrogen-bond donors (Lipinski definition) is 2. The van der Waals surface area contributed by atoms with Crippen molar-refractivity contribution in [3.8, 4) is 0 Å². The second-order valence-corrected chi connectivity index (χ2v) is 6.67. The highest BCUT2D eigenvalue weighted by molar-refractivity contribution is 5.32. The quantitative estimate of drug-likeness (QED) is 0.639. The Morgan fingerprint density at radius 1 is 1.05 bits per heavy atom. The maximum atomic E-state index is 5.86. The molecule has 0 spiro atoms. The van der Waals surface area contributed by atoms with Crippen LogP contribution in [0, 0.1) is 31.6 Å². The molecule has 3 atom stereocenters. The van der Waals surface area contributed by atoms with Crippen molar-refractivity contribution in [1.29, 1.82) is 0 Å². The zero-order chi connectivity index (χ0) is 14.0. The lowest BCUT2D eigenvalue weighted by atomic mass is 9.72. The first-order valence-electron chi connectivity index (χ1n) is 7.54. The Morgan fingerprint density at radius 2 is 1.68 bits per heavy atom. The SMILES string of the molecule is Cc1ccc(C(NN)C2CC(C)CC(C)C2)cc1C. The van der Waals surface area contributed by atoms with Gasteiger partial charge < -0.3 is 0 Å². The minimum Gasteiger partial charge on any atom is -0.271 e. The number of nitrogens with two attached hydrogens (primary N) is 1. The Hall–Kier alpha value is -0.860. The van der Waals surface area contributed by atoms with E-state index >= 15 is 0 Å². The standard InChI is InChI=1S/C17H28N2/c1-11-7-12(2)9-16(8-11)17(19-18)15-6-5-13(3)14(4)10-15/h5-6,10-12,16-17,19H,7-9,18H2,1-4H3. The van der Waals surface area contributed by atoms with Gasteiger partial charge in [-0.2, -0.15) is 0 Å². The van der Waals surface area contributed by atoms with Crippen LogP contribution < -0.4 is 11.3 Å². The van der Waals surface area contributed by atoms with Crippen molar-refractivity contribution in [2.45, 2.75) is 53.0 Å². The van der Waals surface area contributed by atoms with Crippen LogP contribution in [0.25, 0.3) is 0 Å². The van der Waals surface area contributed by atoms with Gasteiger partial charge in [-0.15, -0.1) is 0 Å². The smallest absolute Gasteiger partial charge is 0.0488 e. The van der Waals surface area contributed by atoms with Crippen molar-refractivity contribution in [1.82, 2.24) is 5.43 Å². The fourth-order valence-corrected chi connectivity index (χ4v) is 3.74. The van der Waals surface area contributed by atoms with Crippen molar-refractivity contribution >= 4 is 0 Å². The Kier molecular flexibility index (Phi) is 4.64. The summed E-state index contributed by atoms with van der Waals surface area (Å²) in [5.74, 6) is 8.15. The molecule has 106 valence electrons. The number of hydrazine groups is 1. The van der Waals surface area contributed by atoms with Crippen LogP contribution in [-0.2, 0) is 0 Å². The summed E-state index contributed by atoms with van der Waals surface area (Å²) in [5, 5.41) is 0. The van der Waals surface area contributed by atoms with Gasteiger partial charge in [0.1, 0.15) is 0 Å². The van der Waals surface area contributed by atoms with Crippen LogP contribution in [0.4, 0.5) is 0 Å². The van der Waals surface area contributed by atoms with Gasteiger partial charge in [-0.05, 0) is 67.6 Å². The van der Waals surface area contributed by atoms with E-state index in [9.17, 15) is 0 Å². The van der Waals surface area contributed by atoms with Crippen LogP contribution in [0.5, 0.6) is 0 Å². The molecule has 0 bridgehead atoms. The maximum absolute atomic E-state index is 5.86. The summed E-state index contributed by atoms with van der Waals surface area (Å²) >= 11 is 0. The van der Waals surface area contributed by atoms with Crippen molar-refractivity contribution < 1.29 is 0 Å². The van der Waals surface area contributed by atoms with E-state index in [1.807, 2.05) is 0 Å². The Balaban J connectivity index is 2.21. The minimum atomic E-state index is 0.296. The molecule has 0 radical (unpaired) electrons. The Labute approximate surface area is 117 Å². The topological polar surface area (TPSA) is 38.0 Å². The number of aryl methyl sites for hydroxylation is 2. The second-order valence-electron chi connectivity index (χ2n) is 6.67. The molecule has 0 aromatic heterocycles. The third-order valence-corrected chi connectivity index (χ3v) is 4.76. The molecule has 0 amide bonds. The summed E-state index contributed by atoms with van der Waals surface area (Å²) in [4.78, 5) is 0. The molecule has 1 aliphatic carbocycles. The average Bonchev–Trinajstić information content (AvgIpc) is 2.33. The largest absolute Gasteiger partial charge is 0.271 e. The normalized spacial score (nSPS) is 29.2. The van der Waals surface area contributed by atoms with Gasteiger partial charge in [0.25, 0.3) is 0 Å². The summed E-state index contributed by atoms with van der Waals surface area (Å²) in [6.07, 6.45) is 3.93. The molecule has 2 heteroatoms. The van der Waals surface area contributed by atoms with Gasteiger partial charge in [0.2, 0.25) is 0 Å². The summed E-state index contributed by atoms with van der Waals surface area (Å²) in [6, 6.07) is 7.04. The van der Waals surface area contributed by atoms with Crippen LogP contribution in [0.15, 0.2) is 18.2 Å². The number of hydrogen-bond acceptors (Lipinski definition) is 2. The van der Waals surface area contributed by atoms with Gasteiger partial charge in [0.15, 0.2) is 0 Å². The first-order chi connectivity index (χ1) is 9.01. The summed E-state index contributed by atoms with van der Waals surface area (Å²) < 4.78 is 0. The molecule has 2 rings (SSSR count). The van der Waals surface area contributed by atoms with Gasteiger partial charge in [0, 0.05) is 6.04 Å². The predicted molar refractivity (Wildman–Crippen MR) is 81.6 cm³/mol. The van der Waals surface area contributed by atoms with Crippen LogP contribution in [0.3, 0.4) is 0 Å². The lowest BCUT2D eigenvalue weighted by molar-refractivity contribution is 0.177. The number of rotatable bonds is 3. The van der Waals surface area contributed by atoms with Crippen LogP contribution in [-0.4, -0.2) is 0 Å². The number of nitrogens with one attached hydrogen (secondary N) is 1. The van der Waals surface area contributed by atoms with Crippen LogP contribution in [0.1, 0.15) is 55.8 Å². The fraction of sp³-hybridized carbons (Fsp3) is 0.647. The molecule has 0 heterocycles. The predicted octanol–water partition coefficient (Wildman–Crippen LogP) is 3.88. The van der Waals surface area contributed by atoms with Gasteiger partial charge in [-0.1, -0.05) is 32.0 Å². The van der Waals surface area contributed by atoms with Crippen molar-refractivity contribution in [2.24, 2.45) is 23.6 Å². The monoisotopic (exact) mass is 260 g/mol. The highest BCUT2D eigenvalue weighted by atomic mass is 15.2. The van der Waals surface area contributed by atoms with Crippen LogP contribution >= 0.6 is 0 Å². The third-order valence-electron chi connectivity index (χ3n) is 4.76. The van der Waals surface area contributed by atoms with E-state index in [1.54, 1.807) is 0 Å². The fourth-order valence-electron chi connectivity index (χ4n) is 3.74. The summed E-state index contributed by atoms with van der Waals surface area (Å²) in [7, 11) is 0. The maximum Gasteiger partial charge on any atom is 0.0488 e. The molecular weight excluding hydrogens is 232 g/mol. The lowest BCUT2D eigenvalue weighted by Crippen LogP contribution is -2.37. The van der Waals surface area contributed by atoms with Gasteiger partial charge >= 0.3 is 0 Å². The molecule has 1 aromatic carbocycles. The van der Waals surface area contributed by atoms with Crippen molar-refractivity contribution in [3.05, 3.63) is 34.9 Å². The first-order valence-corrected chi connectivity index (χ1v) is 7.54. The summed E-state index contributed by atoms with van der Waals surface area (Å²) in [5.41, 5.74) is 7.13. The second kappa shape index (κ2) is 6.06. The van der Waals surface area contributed by atoms with Gasteiger partial charge in [-0.25, -0.2) is 0 Å². The van der Waals surface area contributed by atoms with Gasteiger partial charge in [0.05, 0.1) is 0 Å². The molecule has 1 fully saturated rings. The molecule has 3 unspecified atom stereocenters. The zero-order valence-corrected chi connectivity index (χ0v) is 12.7. The van der Waals surface area contributed by atoms with E-state index in [-0.39, 0.29) is 0 Å². The highest BCUT2D eigenvalue weighted by Gasteiger charge is 2.30. The van der Waals surface area contributed by atoms with Gasteiger partial charge in [-0.3, -0.25) is 11.3 Å². The molecule has 2 nitrogen and oxygen atoms in total. The van der Waals surface area contributed by atoms with E-state index in [0.29, 0.717) is 12.0 Å². The van der Waals surface area contributed by atoms with E-state index < -0.39 is 0 Å². The molecule has 1 saturated carbocycles. The van der Waals surface area contributed by atoms with E-state index in [4.69, 9.17) is 5.84 Å². The van der Waals surface area contributed by atoms with Crippen LogP contribution in [0.2, 0.25) is 0 Å². The molecule has 3 N–H and O–H groups in total. The molecule has 1 aromatic rings. The van der Waals surface area contributed by atoms with E-state index in [2.05, 4.69) is 51.3 Å². The highest BCUT2D eigenvalue weighted by Crippen LogP contribution is 2.39. The Bertz CT molecular complexity index is 417. The first kappa shape index (κ1) is 14.5. The van der Waals surface area contributed by atoms with E-state index in [1.165, 1.54) is 36.0 Å². The molecule has 0 saturated heterocycles. The summed E-state index contributed by atoms with van der Waals surface area (Å²) in [6.45, 7) is 9.08. The average molecular weight is 260 g/mol. The molecule has 19 heavy (non-hydrogen) atoms. The third kappa shape index (κ3) is 3.37. The molecule has 1 aliphatic rings.